The number of carbonyl (C=O) groups excluding carboxylic acids is 1. The van der Waals surface area contributed by atoms with Crippen LogP contribution >= 0.6 is 0 Å². The first kappa shape index (κ1) is 16.9. The Morgan fingerprint density at radius 3 is 2.17 bits per heavy atom. The van der Waals surface area contributed by atoms with Crippen molar-refractivity contribution in [1.29, 1.82) is 0 Å². The Balaban J connectivity index is 4.28. The molecule has 5 nitrogen and oxygen atoms in total. The van der Waals surface area contributed by atoms with E-state index in [-0.39, 0.29) is 18.5 Å². The molecule has 0 aromatic rings. The summed E-state index contributed by atoms with van der Waals surface area (Å²) in [5, 5.41) is 14.9. The number of aliphatic carboxylic acids is 1. The normalized spacial score (nSPS) is 13.1. The summed E-state index contributed by atoms with van der Waals surface area (Å²) in [7, 11) is 0. The number of hydrogen-bond acceptors (Lipinski definition) is 3. The van der Waals surface area contributed by atoms with Crippen LogP contribution < -0.4 is 10.6 Å². The molecule has 3 N–H and O–H groups in total. The molecule has 0 aromatic carbocycles. The molecule has 0 aliphatic heterocycles. The third-order valence-corrected chi connectivity index (χ3v) is 3.33. The number of hydrogen-bond donors (Lipinski definition) is 3. The van der Waals surface area contributed by atoms with E-state index >= 15 is 0 Å². The lowest BCUT2D eigenvalue weighted by molar-refractivity contribution is -0.145. The summed E-state index contributed by atoms with van der Waals surface area (Å²) < 4.78 is 0. The summed E-state index contributed by atoms with van der Waals surface area (Å²) in [6.45, 7) is 7.67. The van der Waals surface area contributed by atoms with Gasteiger partial charge in [-0.05, 0) is 26.2 Å². The van der Waals surface area contributed by atoms with Gasteiger partial charge in [0.1, 0.15) is 5.54 Å². The first-order valence-corrected chi connectivity index (χ1v) is 6.69. The van der Waals surface area contributed by atoms with Crippen molar-refractivity contribution in [3.05, 3.63) is 0 Å². The van der Waals surface area contributed by atoms with Crippen LogP contribution in [0.5, 0.6) is 0 Å². The van der Waals surface area contributed by atoms with Crippen molar-refractivity contribution in [2.45, 2.75) is 65.0 Å². The molecule has 5 heteroatoms. The molecule has 0 aromatic heterocycles. The molecular weight excluding hydrogens is 232 g/mol. The van der Waals surface area contributed by atoms with Crippen LogP contribution in [0.3, 0.4) is 0 Å². The summed E-state index contributed by atoms with van der Waals surface area (Å²) in [5.41, 5.74) is -0.995. The molecule has 0 bridgehead atoms. The van der Waals surface area contributed by atoms with Crippen LogP contribution in [-0.2, 0) is 9.59 Å². The van der Waals surface area contributed by atoms with Gasteiger partial charge in [0.15, 0.2) is 0 Å². The summed E-state index contributed by atoms with van der Waals surface area (Å²) in [4.78, 5) is 22.9. The molecular formula is C13H26N2O3. The van der Waals surface area contributed by atoms with Gasteiger partial charge in [-0.1, -0.05) is 27.2 Å². The summed E-state index contributed by atoms with van der Waals surface area (Å²) >= 11 is 0. The van der Waals surface area contributed by atoms with Gasteiger partial charge in [-0.2, -0.15) is 0 Å². The summed E-state index contributed by atoms with van der Waals surface area (Å²) in [6, 6.07) is 0.131. The highest BCUT2D eigenvalue weighted by Crippen LogP contribution is 2.14. The molecule has 0 aliphatic rings. The first-order chi connectivity index (χ1) is 8.41. The zero-order valence-corrected chi connectivity index (χ0v) is 11.9. The summed E-state index contributed by atoms with van der Waals surface area (Å²) in [5.74, 6) is -1.05. The lowest BCUT2D eigenvalue weighted by Gasteiger charge is -2.28. The second-order valence-electron chi connectivity index (χ2n) is 4.71. The Bertz CT molecular complexity index is 275. The third-order valence-electron chi connectivity index (χ3n) is 3.33. The van der Waals surface area contributed by atoms with E-state index in [0.29, 0.717) is 12.8 Å². The van der Waals surface area contributed by atoms with E-state index in [1.807, 2.05) is 20.8 Å². The SMILES string of the molecule is CCCC(C)NC(=O)CNC(CC)(CC)C(=O)O. The molecule has 0 radical (unpaired) electrons. The number of carbonyl (C=O) groups is 2. The zero-order valence-electron chi connectivity index (χ0n) is 11.9. The van der Waals surface area contributed by atoms with Gasteiger partial charge in [0.2, 0.25) is 5.91 Å². The van der Waals surface area contributed by atoms with Gasteiger partial charge in [0, 0.05) is 6.04 Å². The van der Waals surface area contributed by atoms with E-state index in [1.54, 1.807) is 0 Å². The van der Waals surface area contributed by atoms with Gasteiger partial charge >= 0.3 is 5.97 Å². The van der Waals surface area contributed by atoms with Crippen molar-refractivity contribution >= 4 is 11.9 Å². The van der Waals surface area contributed by atoms with Gasteiger partial charge < -0.3 is 10.4 Å². The minimum Gasteiger partial charge on any atom is -0.480 e. The maximum Gasteiger partial charge on any atom is 0.323 e. The molecule has 1 atom stereocenters. The second-order valence-corrected chi connectivity index (χ2v) is 4.71. The van der Waals surface area contributed by atoms with E-state index < -0.39 is 11.5 Å². The van der Waals surface area contributed by atoms with Crippen molar-refractivity contribution in [2.24, 2.45) is 0 Å². The average molecular weight is 258 g/mol. The number of amides is 1. The van der Waals surface area contributed by atoms with Crippen LogP contribution in [0.2, 0.25) is 0 Å². The molecule has 0 fully saturated rings. The van der Waals surface area contributed by atoms with Crippen molar-refractivity contribution in [2.75, 3.05) is 6.54 Å². The Hall–Kier alpha value is -1.10. The van der Waals surface area contributed by atoms with Crippen molar-refractivity contribution in [1.82, 2.24) is 10.6 Å². The monoisotopic (exact) mass is 258 g/mol. The Kier molecular flexibility index (Phi) is 7.59. The molecule has 18 heavy (non-hydrogen) atoms. The molecule has 0 rings (SSSR count). The van der Waals surface area contributed by atoms with E-state index in [9.17, 15) is 14.7 Å². The molecule has 0 heterocycles. The maximum absolute atomic E-state index is 11.7. The van der Waals surface area contributed by atoms with Crippen LogP contribution in [-0.4, -0.2) is 35.1 Å². The van der Waals surface area contributed by atoms with E-state index in [2.05, 4.69) is 17.6 Å². The highest BCUT2D eigenvalue weighted by molar-refractivity contribution is 5.82. The predicted octanol–water partition coefficient (Wildman–Crippen LogP) is 1.52. The minimum atomic E-state index is -0.995. The molecule has 106 valence electrons. The van der Waals surface area contributed by atoms with Crippen LogP contribution in [0.15, 0.2) is 0 Å². The minimum absolute atomic E-state index is 0.0437. The van der Waals surface area contributed by atoms with Gasteiger partial charge in [0.05, 0.1) is 6.54 Å². The lowest BCUT2D eigenvalue weighted by Crippen LogP contribution is -2.54. The van der Waals surface area contributed by atoms with Gasteiger partial charge in [0.25, 0.3) is 0 Å². The topological polar surface area (TPSA) is 78.4 Å². The number of carboxylic acids is 1. The Morgan fingerprint density at radius 1 is 1.22 bits per heavy atom. The van der Waals surface area contributed by atoms with E-state index in [0.717, 1.165) is 12.8 Å². The largest absolute Gasteiger partial charge is 0.480 e. The molecule has 0 saturated carbocycles. The second kappa shape index (κ2) is 8.08. The smallest absolute Gasteiger partial charge is 0.323 e. The van der Waals surface area contributed by atoms with E-state index in [1.165, 1.54) is 0 Å². The number of nitrogens with one attached hydrogen (secondary N) is 2. The highest BCUT2D eigenvalue weighted by atomic mass is 16.4. The highest BCUT2D eigenvalue weighted by Gasteiger charge is 2.34. The Morgan fingerprint density at radius 2 is 1.78 bits per heavy atom. The first-order valence-electron chi connectivity index (χ1n) is 6.69. The molecule has 1 unspecified atom stereocenters. The molecule has 1 amide bonds. The standard InChI is InChI=1S/C13H26N2O3/c1-5-8-10(4)15-11(16)9-14-13(6-2,7-3)12(17)18/h10,14H,5-9H2,1-4H3,(H,15,16)(H,17,18). The quantitative estimate of drug-likeness (QED) is 0.586. The van der Waals surface area contributed by atoms with Crippen molar-refractivity contribution < 1.29 is 14.7 Å². The van der Waals surface area contributed by atoms with Crippen LogP contribution in [0, 0.1) is 0 Å². The average Bonchev–Trinajstić information content (AvgIpc) is 2.30. The lowest BCUT2D eigenvalue weighted by atomic mass is 9.93. The fraction of sp³-hybridized carbons (Fsp3) is 0.846. The predicted molar refractivity (Wildman–Crippen MR) is 71.5 cm³/mol. The molecule has 0 spiro atoms. The number of rotatable bonds is 9. The molecule has 0 aliphatic carbocycles. The van der Waals surface area contributed by atoms with Crippen LogP contribution in [0.25, 0.3) is 0 Å². The van der Waals surface area contributed by atoms with Gasteiger partial charge in [-0.3, -0.25) is 14.9 Å². The van der Waals surface area contributed by atoms with Crippen LogP contribution in [0.1, 0.15) is 53.4 Å². The third kappa shape index (κ3) is 5.04. The zero-order chi connectivity index (χ0) is 14.2. The van der Waals surface area contributed by atoms with Gasteiger partial charge in [-0.25, -0.2) is 0 Å². The summed E-state index contributed by atoms with van der Waals surface area (Å²) in [6.07, 6.45) is 2.85. The van der Waals surface area contributed by atoms with Gasteiger partial charge in [-0.15, -0.1) is 0 Å². The van der Waals surface area contributed by atoms with Crippen LogP contribution in [0.4, 0.5) is 0 Å². The van der Waals surface area contributed by atoms with Crippen molar-refractivity contribution in [3.63, 3.8) is 0 Å². The fourth-order valence-corrected chi connectivity index (χ4v) is 1.96. The Labute approximate surface area is 109 Å². The maximum atomic E-state index is 11.7. The van der Waals surface area contributed by atoms with E-state index in [4.69, 9.17) is 0 Å². The molecule has 0 saturated heterocycles. The fourth-order valence-electron chi connectivity index (χ4n) is 1.96. The number of carboxylic acid groups (broad SMARTS) is 1. The van der Waals surface area contributed by atoms with Crippen molar-refractivity contribution in [3.8, 4) is 0 Å².